The fourth-order valence-electron chi connectivity index (χ4n) is 2.25. The van der Waals surface area contributed by atoms with Gasteiger partial charge in [-0.3, -0.25) is 4.90 Å². The molecule has 0 aliphatic carbocycles. The maximum Gasteiger partial charge on any atom is 0.117 e. The summed E-state index contributed by atoms with van der Waals surface area (Å²) in [6.07, 6.45) is 2.97. The third-order valence-electron chi connectivity index (χ3n) is 3.23. The Balaban J connectivity index is 1.58. The van der Waals surface area contributed by atoms with E-state index >= 15 is 0 Å². The van der Waals surface area contributed by atoms with E-state index in [1.165, 1.54) is 26.1 Å². The molecule has 0 aromatic carbocycles. The van der Waals surface area contributed by atoms with Crippen LogP contribution in [0.1, 0.15) is 12.2 Å². The fourth-order valence-corrected chi connectivity index (χ4v) is 2.25. The summed E-state index contributed by atoms with van der Waals surface area (Å²) in [4.78, 5) is 4.86. The van der Waals surface area contributed by atoms with Gasteiger partial charge < -0.3 is 14.6 Å². The highest BCUT2D eigenvalue weighted by molar-refractivity contribution is 4.97. The average molecular weight is 237 g/mol. The van der Waals surface area contributed by atoms with E-state index in [1.807, 2.05) is 12.1 Å². The first-order valence-electron chi connectivity index (χ1n) is 6.48. The first kappa shape index (κ1) is 12.6. The number of piperazine rings is 1. The summed E-state index contributed by atoms with van der Waals surface area (Å²) >= 11 is 0. The molecule has 2 heterocycles. The lowest BCUT2D eigenvalue weighted by molar-refractivity contribution is 0.216. The zero-order chi connectivity index (χ0) is 11.9. The highest BCUT2D eigenvalue weighted by Crippen LogP contribution is 2.04. The molecule has 96 valence electrons. The van der Waals surface area contributed by atoms with Crippen molar-refractivity contribution in [2.45, 2.75) is 13.0 Å². The molecule has 4 nitrogen and oxygen atoms in total. The third kappa shape index (κ3) is 4.50. The molecule has 1 aliphatic heterocycles. The van der Waals surface area contributed by atoms with Gasteiger partial charge in [-0.15, -0.1) is 0 Å². The number of hydrogen-bond acceptors (Lipinski definition) is 4. The zero-order valence-corrected chi connectivity index (χ0v) is 10.7. The summed E-state index contributed by atoms with van der Waals surface area (Å²) < 4.78 is 5.34. The molecule has 0 atom stereocenters. The molecule has 4 heteroatoms. The fraction of sp³-hybridized carbons (Fsp3) is 0.692. The molecule has 1 N–H and O–H groups in total. The lowest BCUT2D eigenvalue weighted by atomic mass is 10.3. The molecule has 1 aliphatic rings. The molecule has 17 heavy (non-hydrogen) atoms. The lowest BCUT2D eigenvalue weighted by Gasteiger charge is -2.27. The van der Waals surface area contributed by atoms with Crippen LogP contribution < -0.4 is 5.32 Å². The average Bonchev–Trinajstić information content (AvgIpc) is 2.83. The number of hydrogen-bond donors (Lipinski definition) is 1. The first-order chi connectivity index (χ1) is 8.34. The minimum atomic E-state index is 0.911. The smallest absolute Gasteiger partial charge is 0.117 e. The quantitative estimate of drug-likeness (QED) is 0.800. The first-order valence-corrected chi connectivity index (χ1v) is 6.48. The van der Waals surface area contributed by atoms with Crippen molar-refractivity contribution < 1.29 is 4.42 Å². The van der Waals surface area contributed by atoms with Gasteiger partial charge in [0.1, 0.15) is 5.76 Å². The van der Waals surface area contributed by atoms with Crippen LogP contribution in [0.25, 0.3) is 0 Å². The molecule has 0 amide bonds. The highest BCUT2D eigenvalue weighted by atomic mass is 16.3. The Morgan fingerprint density at radius 3 is 2.94 bits per heavy atom. The van der Waals surface area contributed by atoms with Crippen LogP contribution in [0.3, 0.4) is 0 Å². The van der Waals surface area contributed by atoms with Crippen LogP contribution in [-0.2, 0) is 6.54 Å². The van der Waals surface area contributed by atoms with Crippen LogP contribution in [0.4, 0.5) is 0 Å². The van der Waals surface area contributed by atoms with E-state index in [1.54, 1.807) is 6.26 Å². The standard InChI is InChI=1S/C13H23N3O/c1-15(12-13-4-2-11-17-13)7-3-8-16-9-5-14-6-10-16/h2,4,11,14H,3,5-10,12H2,1H3. The van der Waals surface area contributed by atoms with E-state index in [2.05, 4.69) is 22.2 Å². The Kier molecular flexibility index (Phi) is 5.04. The van der Waals surface area contributed by atoms with Gasteiger partial charge in [0.15, 0.2) is 0 Å². The second-order valence-electron chi connectivity index (χ2n) is 4.76. The van der Waals surface area contributed by atoms with Gasteiger partial charge in [-0.2, -0.15) is 0 Å². The van der Waals surface area contributed by atoms with Crippen LogP contribution in [-0.4, -0.2) is 56.1 Å². The zero-order valence-electron chi connectivity index (χ0n) is 10.7. The molecule has 0 radical (unpaired) electrons. The number of nitrogens with zero attached hydrogens (tertiary/aromatic N) is 2. The van der Waals surface area contributed by atoms with Crippen LogP contribution in [0.2, 0.25) is 0 Å². The van der Waals surface area contributed by atoms with Crippen molar-refractivity contribution >= 4 is 0 Å². The van der Waals surface area contributed by atoms with Crippen molar-refractivity contribution in [1.29, 1.82) is 0 Å². The molecule has 0 spiro atoms. The molecule has 0 saturated carbocycles. The Morgan fingerprint density at radius 1 is 1.41 bits per heavy atom. The molecule has 0 unspecified atom stereocenters. The van der Waals surface area contributed by atoms with Crippen molar-refractivity contribution in [1.82, 2.24) is 15.1 Å². The summed E-state index contributed by atoms with van der Waals surface area (Å²) in [6, 6.07) is 3.98. The molecular formula is C13H23N3O. The molecule has 0 bridgehead atoms. The Bertz CT molecular complexity index is 294. The summed E-state index contributed by atoms with van der Waals surface area (Å²) in [5.41, 5.74) is 0. The van der Waals surface area contributed by atoms with Gasteiger partial charge in [0, 0.05) is 26.2 Å². The lowest BCUT2D eigenvalue weighted by Crippen LogP contribution is -2.44. The maximum absolute atomic E-state index is 5.34. The van der Waals surface area contributed by atoms with Gasteiger partial charge in [-0.25, -0.2) is 0 Å². The summed E-state index contributed by atoms with van der Waals surface area (Å²) in [7, 11) is 2.15. The van der Waals surface area contributed by atoms with E-state index in [0.29, 0.717) is 0 Å². The Morgan fingerprint density at radius 2 is 2.24 bits per heavy atom. The molecule has 1 saturated heterocycles. The number of rotatable bonds is 6. The normalized spacial score (nSPS) is 17.8. The predicted molar refractivity (Wildman–Crippen MR) is 69.0 cm³/mol. The van der Waals surface area contributed by atoms with E-state index < -0.39 is 0 Å². The predicted octanol–water partition coefficient (Wildman–Crippen LogP) is 1.01. The van der Waals surface area contributed by atoms with Crippen LogP contribution in [0, 0.1) is 0 Å². The maximum atomic E-state index is 5.34. The van der Waals surface area contributed by atoms with E-state index in [0.717, 1.165) is 31.9 Å². The van der Waals surface area contributed by atoms with E-state index in [9.17, 15) is 0 Å². The summed E-state index contributed by atoms with van der Waals surface area (Å²) in [6.45, 7) is 7.93. The van der Waals surface area contributed by atoms with Crippen molar-refractivity contribution in [2.75, 3.05) is 46.3 Å². The monoisotopic (exact) mass is 237 g/mol. The van der Waals surface area contributed by atoms with Crippen molar-refractivity contribution in [3.63, 3.8) is 0 Å². The molecular weight excluding hydrogens is 214 g/mol. The highest BCUT2D eigenvalue weighted by Gasteiger charge is 2.09. The van der Waals surface area contributed by atoms with E-state index in [-0.39, 0.29) is 0 Å². The van der Waals surface area contributed by atoms with Gasteiger partial charge in [0.2, 0.25) is 0 Å². The third-order valence-corrected chi connectivity index (χ3v) is 3.23. The molecule has 1 fully saturated rings. The van der Waals surface area contributed by atoms with Gasteiger partial charge in [-0.1, -0.05) is 0 Å². The molecule has 1 aromatic rings. The molecule has 1 aromatic heterocycles. The number of furan rings is 1. The van der Waals surface area contributed by atoms with Crippen LogP contribution >= 0.6 is 0 Å². The van der Waals surface area contributed by atoms with Gasteiger partial charge >= 0.3 is 0 Å². The summed E-state index contributed by atoms with van der Waals surface area (Å²) in [5, 5.41) is 3.38. The van der Waals surface area contributed by atoms with Crippen molar-refractivity contribution in [3.05, 3.63) is 24.2 Å². The van der Waals surface area contributed by atoms with Crippen LogP contribution in [0.15, 0.2) is 22.8 Å². The largest absolute Gasteiger partial charge is 0.468 e. The van der Waals surface area contributed by atoms with Gasteiger partial charge in [-0.05, 0) is 38.7 Å². The minimum Gasteiger partial charge on any atom is -0.468 e. The van der Waals surface area contributed by atoms with Crippen LogP contribution in [0.5, 0.6) is 0 Å². The van der Waals surface area contributed by atoms with Crippen molar-refractivity contribution in [2.24, 2.45) is 0 Å². The van der Waals surface area contributed by atoms with Crippen molar-refractivity contribution in [3.8, 4) is 0 Å². The topological polar surface area (TPSA) is 31.6 Å². The Labute approximate surface area is 104 Å². The molecule has 2 rings (SSSR count). The number of nitrogens with one attached hydrogen (secondary N) is 1. The van der Waals surface area contributed by atoms with E-state index in [4.69, 9.17) is 4.42 Å². The van der Waals surface area contributed by atoms with Gasteiger partial charge in [0.05, 0.1) is 12.8 Å². The Hall–Kier alpha value is -0.840. The SMILES string of the molecule is CN(CCCN1CCNCC1)Cc1ccco1. The second-order valence-corrected chi connectivity index (χ2v) is 4.76. The second kappa shape index (κ2) is 6.79. The van der Waals surface area contributed by atoms with Gasteiger partial charge in [0.25, 0.3) is 0 Å². The minimum absolute atomic E-state index is 0.911. The summed E-state index contributed by atoms with van der Waals surface area (Å²) in [5.74, 6) is 1.05.